The number of rotatable bonds is 10. The Labute approximate surface area is 247 Å². The zero-order valence-corrected chi connectivity index (χ0v) is 23.8. The van der Waals surface area contributed by atoms with Gasteiger partial charge in [-0.2, -0.15) is 5.10 Å². The van der Waals surface area contributed by atoms with Crippen LogP contribution in [0.3, 0.4) is 0 Å². The van der Waals surface area contributed by atoms with Crippen molar-refractivity contribution in [1.29, 1.82) is 0 Å². The average Bonchev–Trinajstić information content (AvgIpc) is 3.57. The molecule has 4 aromatic rings. The number of carbonyl (C=O) groups excluding carboxylic acids is 2. The summed E-state index contributed by atoms with van der Waals surface area (Å²) in [5.74, 6) is 1.41. The molecule has 41 heavy (non-hydrogen) atoms. The van der Waals surface area contributed by atoms with Crippen LogP contribution in [-0.4, -0.2) is 47.0 Å². The molecule has 1 atom stereocenters. The van der Waals surface area contributed by atoms with Gasteiger partial charge in [-0.15, -0.1) is 5.10 Å². The molecular weight excluding hydrogens is 560 g/mol. The van der Waals surface area contributed by atoms with Gasteiger partial charge in [-0.3, -0.25) is 14.5 Å². The lowest BCUT2D eigenvalue weighted by Gasteiger charge is -2.15. The smallest absolute Gasteiger partial charge is 0.242 e. The first kappa shape index (κ1) is 28.2. The molecule has 1 fully saturated rings. The van der Waals surface area contributed by atoms with Crippen LogP contribution in [0.4, 0.5) is 5.69 Å². The number of ether oxygens (including phenoxy) is 1. The standard InChI is InChI=1S/C31H27ClN4O4S/c1-39-25-12-10-24(11-13-25)34-29(37)19-28-30(38)36(17-16-21-6-3-2-4-7-21)31(41-28)35-33-20-26-14-15-27(40-26)22-8-5-9-23(32)18-22/h2-15,18,20,28H,16-17,19H2,1H3,(H,34,37)/b33-20+,35-31-. The van der Waals surface area contributed by atoms with Crippen LogP contribution in [0.1, 0.15) is 17.7 Å². The Bertz CT molecular complexity index is 1570. The molecule has 1 aromatic heterocycles. The van der Waals surface area contributed by atoms with Gasteiger partial charge in [0.15, 0.2) is 5.17 Å². The van der Waals surface area contributed by atoms with Gasteiger partial charge in [0.1, 0.15) is 22.5 Å². The SMILES string of the molecule is COc1ccc(NC(=O)CC2S/C(=N\N=C\c3ccc(-c4cccc(Cl)c4)o3)N(CCc3ccccc3)C2=O)cc1. The number of amidine groups is 1. The first-order valence-corrected chi connectivity index (χ1v) is 14.2. The van der Waals surface area contributed by atoms with Crippen molar-refractivity contribution >= 4 is 52.2 Å². The third-order valence-electron chi connectivity index (χ3n) is 6.30. The first-order chi connectivity index (χ1) is 20.0. The molecule has 2 heterocycles. The van der Waals surface area contributed by atoms with Crippen LogP contribution in [0, 0.1) is 0 Å². The van der Waals surface area contributed by atoms with Gasteiger partial charge < -0.3 is 14.5 Å². The number of methoxy groups -OCH3 is 1. The second kappa shape index (κ2) is 13.3. The van der Waals surface area contributed by atoms with E-state index in [1.807, 2.05) is 54.6 Å². The number of nitrogens with zero attached hydrogens (tertiary/aromatic N) is 3. The number of hydrogen-bond donors (Lipinski definition) is 1. The Morgan fingerprint density at radius 3 is 2.63 bits per heavy atom. The highest BCUT2D eigenvalue weighted by Gasteiger charge is 2.39. The maximum Gasteiger partial charge on any atom is 0.242 e. The first-order valence-electron chi connectivity index (χ1n) is 12.9. The number of furan rings is 1. The highest BCUT2D eigenvalue weighted by Crippen LogP contribution is 2.31. The van der Waals surface area contributed by atoms with Crippen LogP contribution >= 0.6 is 23.4 Å². The van der Waals surface area contributed by atoms with Gasteiger partial charge in [0.05, 0.1) is 13.3 Å². The molecule has 1 aliphatic heterocycles. The molecule has 3 aromatic carbocycles. The van der Waals surface area contributed by atoms with Crippen LogP contribution in [0.5, 0.6) is 5.75 Å². The fourth-order valence-electron chi connectivity index (χ4n) is 4.22. The summed E-state index contributed by atoms with van der Waals surface area (Å²) in [7, 11) is 1.58. The molecule has 208 valence electrons. The number of amides is 2. The lowest BCUT2D eigenvalue weighted by Crippen LogP contribution is -2.35. The summed E-state index contributed by atoms with van der Waals surface area (Å²) in [5, 5.41) is 11.8. The summed E-state index contributed by atoms with van der Waals surface area (Å²) in [6.45, 7) is 0.417. The molecule has 0 aliphatic carbocycles. The number of benzene rings is 3. The van der Waals surface area contributed by atoms with E-state index >= 15 is 0 Å². The van der Waals surface area contributed by atoms with E-state index in [1.54, 1.807) is 48.4 Å². The summed E-state index contributed by atoms with van der Waals surface area (Å²) >= 11 is 7.33. The van der Waals surface area contributed by atoms with Crippen LogP contribution < -0.4 is 10.1 Å². The summed E-state index contributed by atoms with van der Waals surface area (Å²) < 4.78 is 11.0. The van der Waals surface area contributed by atoms with E-state index in [0.717, 1.165) is 11.1 Å². The summed E-state index contributed by atoms with van der Waals surface area (Å²) in [6.07, 6.45) is 2.13. The monoisotopic (exact) mass is 586 g/mol. The van der Waals surface area contributed by atoms with Crippen molar-refractivity contribution in [1.82, 2.24) is 4.90 Å². The average molecular weight is 587 g/mol. The predicted molar refractivity (Wildman–Crippen MR) is 164 cm³/mol. The highest BCUT2D eigenvalue weighted by atomic mass is 35.5. The van der Waals surface area contributed by atoms with E-state index in [-0.39, 0.29) is 18.2 Å². The molecule has 1 saturated heterocycles. The van der Waals surface area contributed by atoms with Crippen molar-refractivity contribution in [2.45, 2.75) is 18.1 Å². The predicted octanol–water partition coefficient (Wildman–Crippen LogP) is 6.51. The zero-order chi connectivity index (χ0) is 28.6. The molecule has 2 amide bonds. The van der Waals surface area contributed by atoms with Gasteiger partial charge >= 0.3 is 0 Å². The third-order valence-corrected chi connectivity index (χ3v) is 7.70. The molecule has 0 radical (unpaired) electrons. The molecule has 1 aliphatic rings. The van der Waals surface area contributed by atoms with E-state index in [1.165, 1.54) is 18.0 Å². The molecule has 0 saturated carbocycles. The van der Waals surface area contributed by atoms with Crippen molar-refractivity contribution in [2.75, 3.05) is 19.0 Å². The Balaban J connectivity index is 1.29. The topological polar surface area (TPSA) is 96.5 Å². The minimum absolute atomic E-state index is 0.00127. The van der Waals surface area contributed by atoms with E-state index < -0.39 is 5.25 Å². The van der Waals surface area contributed by atoms with E-state index in [4.69, 9.17) is 20.8 Å². The van der Waals surface area contributed by atoms with Crippen molar-refractivity contribution in [3.8, 4) is 17.1 Å². The quantitative estimate of drug-likeness (QED) is 0.169. The number of halogens is 1. The number of nitrogens with one attached hydrogen (secondary N) is 1. The number of hydrogen-bond acceptors (Lipinski definition) is 7. The van der Waals surface area contributed by atoms with E-state index in [2.05, 4.69) is 15.5 Å². The molecule has 0 spiro atoms. The maximum absolute atomic E-state index is 13.4. The second-order valence-corrected chi connectivity index (χ2v) is 10.8. The van der Waals surface area contributed by atoms with Crippen LogP contribution in [0.15, 0.2) is 106 Å². The number of anilines is 1. The van der Waals surface area contributed by atoms with E-state index in [9.17, 15) is 9.59 Å². The molecule has 0 bridgehead atoms. The summed E-state index contributed by atoms with van der Waals surface area (Å²) in [4.78, 5) is 27.8. The number of carbonyl (C=O) groups is 2. The minimum Gasteiger partial charge on any atom is -0.497 e. The lowest BCUT2D eigenvalue weighted by atomic mass is 10.1. The summed E-state index contributed by atoms with van der Waals surface area (Å²) in [6, 6.07) is 27.9. The molecule has 1 N–H and O–H groups in total. The maximum atomic E-state index is 13.4. The molecule has 1 unspecified atom stereocenters. The van der Waals surface area contributed by atoms with Gasteiger partial charge in [-0.25, -0.2) is 0 Å². The Morgan fingerprint density at radius 1 is 1.07 bits per heavy atom. The Hall–Kier alpha value is -4.34. The normalized spacial score (nSPS) is 16.0. The largest absolute Gasteiger partial charge is 0.497 e. The molecular formula is C31H27ClN4O4S. The Kier molecular flexibility index (Phi) is 9.18. The van der Waals surface area contributed by atoms with Gasteiger partial charge in [0.25, 0.3) is 0 Å². The van der Waals surface area contributed by atoms with Gasteiger partial charge in [0, 0.05) is 29.2 Å². The summed E-state index contributed by atoms with van der Waals surface area (Å²) in [5.41, 5.74) is 2.57. The number of thioether (sulfide) groups is 1. The fourth-order valence-corrected chi connectivity index (χ4v) is 5.53. The van der Waals surface area contributed by atoms with Crippen molar-refractivity contribution in [3.63, 3.8) is 0 Å². The van der Waals surface area contributed by atoms with Crippen molar-refractivity contribution in [2.24, 2.45) is 10.2 Å². The van der Waals surface area contributed by atoms with Gasteiger partial charge in [-0.1, -0.05) is 65.8 Å². The minimum atomic E-state index is -0.615. The zero-order valence-electron chi connectivity index (χ0n) is 22.2. The molecule has 8 nitrogen and oxygen atoms in total. The Morgan fingerprint density at radius 2 is 1.88 bits per heavy atom. The van der Waals surface area contributed by atoms with Crippen molar-refractivity contribution < 1.29 is 18.7 Å². The van der Waals surface area contributed by atoms with Crippen molar-refractivity contribution in [3.05, 3.63) is 107 Å². The molecule has 10 heteroatoms. The third kappa shape index (κ3) is 7.45. The van der Waals surface area contributed by atoms with Gasteiger partial charge in [-0.05, 0) is 60.5 Å². The van der Waals surface area contributed by atoms with Crippen LogP contribution in [-0.2, 0) is 16.0 Å². The molecule has 5 rings (SSSR count). The lowest BCUT2D eigenvalue weighted by molar-refractivity contribution is -0.128. The van der Waals surface area contributed by atoms with E-state index in [0.29, 0.717) is 46.1 Å². The fraction of sp³-hybridized carbons (Fsp3) is 0.161. The van der Waals surface area contributed by atoms with Crippen LogP contribution in [0.25, 0.3) is 11.3 Å². The van der Waals surface area contributed by atoms with Crippen LogP contribution in [0.2, 0.25) is 5.02 Å². The highest BCUT2D eigenvalue weighted by molar-refractivity contribution is 8.15. The second-order valence-electron chi connectivity index (χ2n) is 9.15. The van der Waals surface area contributed by atoms with Gasteiger partial charge in [0.2, 0.25) is 11.8 Å².